The number of carbonyl (C=O) groups excluding carboxylic acids is 2. The highest BCUT2D eigenvalue weighted by molar-refractivity contribution is 5.91. The summed E-state index contributed by atoms with van der Waals surface area (Å²) in [6, 6.07) is 14.2. The molecule has 1 aliphatic rings. The van der Waals surface area contributed by atoms with Crippen LogP contribution in [0.2, 0.25) is 0 Å². The van der Waals surface area contributed by atoms with Crippen LogP contribution in [0.5, 0.6) is 5.75 Å². The third-order valence-electron chi connectivity index (χ3n) is 5.77. The van der Waals surface area contributed by atoms with E-state index in [-0.39, 0.29) is 42.0 Å². The first-order valence-corrected chi connectivity index (χ1v) is 11.7. The number of benzene rings is 2. The van der Waals surface area contributed by atoms with E-state index in [0.717, 1.165) is 18.4 Å². The zero-order chi connectivity index (χ0) is 25.2. The number of anilines is 1. The molecule has 0 radical (unpaired) electrons. The summed E-state index contributed by atoms with van der Waals surface area (Å²) >= 11 is 0. The zero-order valence-corrected chi connectivity index (χ0v) is 20.1. The Balaban J connectivity index is 1.50. The fourth-order valence-electron chi connectivity index (χ4n) is 4.15. The molecule has 1 unspecified atom stereocenters. The third kappa shape index (κ3) is 6.01. The van der Waals surface area contributed by atoms with Gasteiger partial charge in [-0.3, -0.25) is 4.79 Å². The highest BCUT2D eigenvalue weighted by atomic mass is 16.6. The minimum absolute atomic E-state index is 0.0589. The minimum Gasteiger partial charge on any atom is -0.507 e. The van der Waals surface area contributed by atoms with E-state index in [1.807, 2.05) is 12.1 Å². The monoisotopic (exact) mass is 478 g/mol. The Morgan fingerprint density at radius 2 is 1.89 bits per heavy atom. The number of para-hydroxylation sites is 1. The van der Waals surface area contributed by atoms with E-state index in [1.54, 1.807) is 57.2 Å². The van der Waals surface area contributed by atoms with Crippen LogP contribution in [0.1, 0.15) is 57.1 Å². The largest absolute Gasteiger partial charge is 0.507 e. The van der Waals surface area contributed by atoms with Gasteiger partial charge in [-0.15, -0.1) is 0 Å². The van der Waals surface area contributed by atoms with Gasteiger partial charge in [-0.2, -0.15) is 0 Å². The van der Waals surface area contributed by atoms with Gasteiger partial charge in [0.1, 0.15) is 16.9 Å². The summed E-state index contributed by atoms with van der Waals surface area (Å²) in [6.45, 7) is 5.44. The lowest BCUT2D eigenvalue weighted by atomic mass is 9.86. The van der Waals surface area contributed by atoms with Crippen LogP contribution in [0.4, 0.5) is 10.5 Å². The first kappa shape index (κ1) is 24.3. The molecule has 2 amide bonds. The third-order valence-corrected chi connectivity index (χ3v) is 5.77. The topological polar surface area (TPSA) is 118 Å². The second-order valence-corrected chi connectivity index (χ2v) is 9.82. The van der Waals surface area contributed by atoms with Gasteiger partial charge in [-0.05, 0) is 69.4 Å². The Bertz CT molecular complexity index is 1300. The maximum atomic E-state index is 12.9. The standard InChI is InChI=1S/C27H30N2O6/c1-27(2,3)35-26(33)28-14-13-21(30)29-18-8-6-7-17(15-18)22(16-11-12-16)23-24(31)19-9-4-5-10-20(19)34-25(23)32/h4-10,15-16,22,31H,11-14H2,1-3H3,(H,28,33)(H,29,30). The number of aromatic hydroxyl groups is 1. The Morgan fingerprint density at radius 1 is 1.14 bits per heavy atom. The Labute approximate surface area is 203 Å². The van der Waals surface area contributed by atoms with Crippen molar-refractivity contribution in [2.45, 2.75) is 51.6 Å². The van der Waals surface area contributed by atoms with Crippen molar-refractivity contribution in [2.24, 2.45) is 5.92 Å². The van der Waals surface area contributed by atoms with Gasteiger partial charge in [0, 0.05) is 24.6 Å². The molecule has 1 saturated carbocycles. The SMILES string of the molecule is CC(C)(C)OC(=O)NCCC(=O)Nc1cccc(C(c2c(O)c3ccccc3oc2=O)C2CC2)c1. The van der Waals surface area contributed by atoms with Crippen LogP contribution < -0.4 is 16.3 Å². The predicted molar refractivity (Wildman–Crippen MR) is 133 cm³/mol. The molecule has 8 nitrogen and oxygen atoms in total. The summed E-state index contributed by atoms with van der Waals surface area (Å²) in [5, 5.41) is 16.9. The second-order valence-electron chi connectivity index (χ2n) is 9.82. The van der Waals surface area contributed by atoms with Crippen LogP contribution >= 0.6 is 0 Å². The Hall–Kier alpha value is -3.81. The first-order valence-electron chi connectivity index (χ1n) is 11.7. The van der Waals surface area contributed by atoms with Crippen molar-refractivity contribution in [1.29, 1.82) is 0 Å². The van der Waals surface area contributed by atoms with Gasteiger partial charge < -0.3 is 24.9 Å². The van der Waals surface area contributed by atoms with Crippen LogP contribution in [0, 0.1) is 5.92 Å². The van der Waals surface area contributed by atoms with E-state index < -0.39 is 17.3 Å². The minimum atomic E-state index is -0.610. The van der Waals surface area contributed by atoms with E-state index in [0.29, 0.717) is 16.7 Å². The fraction of sp³-hybridized carbons (Fsp3) is 0.370. The molecule has 0 spiro atoms. The van der Waals surface area contributed by atoms with Crippen molar-refractivity contribution in [3.05, 3.63) is 70.1 Å². The van der Waals surface area contributed by atoms with Crippen LogP contribution in [-0.2, 0) is 9.53 Å². The summed E-state index contributed by atoms with van der Waals surface area (Å²) in [5.41, 5.74) is 0.808. The lowest BCUT2D eigenvalue weighted by molar-refractivity contribution is -0.116. The number of nitrogens with one attached hydrogen (secondary N) is 2. The summed E-state index contributed by atoms with van der Waals surface area (Å²) in [5.74, 6) is -0.471. The molecule has 0 saturated heterocycles. The Morgan fingerprint density at radius 3 is 2.60 bits per heavy atom. The van der Waals surface area contributed by atoms with Crippen molar-refractivity contribution in [3.8, 4) is 5.75 Å². The van der Waals surface area contributed by atoms with Gasteiger partial charge in [0.05, 0.1) is 10.9 Å². The molecule has 1 heterocycles. The number of rotatable bonds is 7. The number of amides is 2. The zero-order valence-electron chi connectivity index (χ0n) is 20.1. The molecule has 1 aromatic heterocycles. The summed E-state index contributed by atoms with van der Waals surface area (Å²) < 4.78 is 10.7. The van der Waals surface area contributed by atoms with Gasteiger partial charge in [0.15, 0.2) is 0 Å². The van der Waals surface area contributed by atoms with Crippen molar-refractivity contribution in [2.75, 3.05) is 11.9 Å². The summed E-state index contributed by atoms with van der Waals surface area (Å²) in [6.07, 6.45) is 1.37. The molecule has 1 aliphatic carbocycles. The summed E-state index contributed by atoms with van der Waals surface area (Å²) in [4.78, 5) is 37.0. The van der Waals surface area contributed by atoms with Gasteiger partial charge in [0.25, 0.3) is 0 Å². The van der Waals surface area contributed by atoms with Gasteiger partial charge in [-0.1, -0.05) is 24.3 Å². The molecule has 8 heteroatoms. The molecule has 1 fully saturated rings. The predicted octanol–water partition coefficient (Wildman–Crippen LogP) is 4.89. The number of hydrogen-bond acceptors (Lipinski definition) is 6. The molecular formula is C27H30N2O6. The maximum Gasteiger partial charge on any atom is 0.407 e. The highest BCUT2D eigenvalue weighted by Gasteiger charge is 2.37. The molecule has 0 aliphatic heterocycles. The molecular weight excluding hydrogens is 448 g/mol. The van der Waals surface area contributed by atoms with Crippen LogP contribution in [-0.4, -0.2) is 29.3 Å². The molecule has 184 valence electrons. The quantitative estimate of drug-likeness (QED) is 0.416. The smallest absolute Gasteiger partial charge is 0.407 e. The molecule has 2 aromatic carbocycles. The van der Waals surface area contributed by atoms with E-state index in [2.05, 4.69) is 10.6 Å². The van der Waals surface area contributed by atoms with E-state index in [4.69, 9.17) is 9.15 Å². The normalized spacial score (nSPS) is 14.4. The highest BCUT2D eigenvalue weighted by Crippen LogP contribution is 2.48. The van der Waals surface area contributed by atoms with Crippen LogP contribution in [0.3, 0.4) is 0 Å². The van der Waals surface area contributed by atoms with Crippen molar-refractivity contribution >= 4 is 28.7 Å². The lowest BCUT2D eigenvalue weighted by Crippen LogP contribution is -2.34. The number of carbonyl (C=O) groups is 2. The summed E-state index contributed by atoms with van der Waals surface area (Å²) in [7, 11) is 0. The van der Waals surface area contributed by atoms with Crippen LogP contribution in [0.25, 0.3) is 11.0 Å². The molecule has 0 bridgehead atoms. The lowest BCUT2D eigenvalue weighted by Gasteiger charge is -2.20. The number of fused-ring (bicyclic) bond motifs is 1. The van der Waals surface area contributed by atoms with Gasteiger partial charge >= 0.3 is 11.7 Å². The average Bonchev–Trinajstić information content (AvgIpc) is 3.60. The van der Waals surface area contributed by atoms with Crippen molar-refractivity contribution in [1.82, 2.24) is 5.32 Å². The second kappa shape index (κ2) is 9.82. The number of hydrogen-bond donors (Lipinski definition) is 3. The maximum absolute atomic E-state index is 12.9. The van der Waals surface area contributed by atoms with Crippen LogP contribution in [0.15, 0.2) is 57.7 Å². The molecule has 35 heavy (non-hydrogen) atoms. The van der Waals surface area contributed by atoms with Crippen molar-refractivity contribution < 1.29 is 23.8 Å². The van der Waals surface area contributed by atoms with Gasteiger partial charge in [-0.25, -0.2) is 9.59 Å². The van der Waals surface area contributed by atoms with Crippen molar-refractivity contribution in [3.63, 3.8) is 0 Å². The molecule has 3 N–H and O–H groups in total. The Kier molecular flexibility index (Phi) is 6.82. The fourth-order valence-corrected chi connectivity index (χ4v) is 4.15. The van der Waals surface area contributed by atoms with Gasteiger partial charge in [0.2, 0.25) is 5.91 Å². The van der Waals surface area contributed by atoms with E-state index >= 15 is 0 Å². The molecule has 4 rings (SSSR count). The molecule has 1 atom stereocenters. The number of alkyl carbamates (subject to hydrolysis) is 1. The first-order chi connectivity index (χ1) is 16.6. The van der Waals surface area contributed by atoms with E-state index in [9.17, 15) is 19.5 Å². The number of ether oxygens (including phenoxy) is 1. The molecule has 3 aromatic rings. The average molecular weight is 479 g/mol. The van der Waals surface area contributed by atoms with E-state index in [1.165, 1.54) is 0 Å².